The van der Waals surface area contributed by atoms with Crippen molar-refractivity contribution in [3.8, 4) is 0 Å². The van der Waals surface area contributed by atoms with Gasteiger partial charge in [-0.15, -0.1) is 0 Å². The highest BCUT2D eigenvalue weighted by Gasteiger charge is 2.49. The summed E-state index contributed by atoms with van der Waals surface area (Å²) in [6, 6.07) is 20.1. The first-order chi connectivity index (χ1) is 26.8. The Labute approximate surface area is 343 Å². The molecule has 3 unspecified atom stereocenters. The van der Waals surface area contributed by atoms with E-state index >= 15 is 0 Å². The highest BCUT2D eigenvalue weighted by atomic mass is 16.5. The molecule has 2 aromatic carbocycles. The molecule has 1 aliphatic carbocycles. The fourth-order valence-corrected chi connectivity index (χ4v) is 6.87. The molecule has 0 saturated heterocycles. The van der Waals surface area contributed by atoms with Crippen molar-refractivity contribution in [2.24, 2.45) is 11.3 Å². The second kappa shape index (κ2) is 23.5. The Morgan fingerprint density at radius 1 is 0.649 bits per heavy atom. The largest absolute Gasteiger partial charge is 0.381 e. The maximum absolute atomic E-state index is 12.5. The molecule has 0 bridgehead atoms. The molecule has 3 atom stereocenters. The van der Waals surface area contributed by atoms with Crippen LogP contribution in [0.15, 0.2) is 109 Å². The van der Waals surface area contributed by atoms with Crippen LogP contribution < -0.4 is 10.6 Å². The van der Waals surface area contributed by atoms with Crippen molar-refractivity contribution in [1.29, 1.82) is 0 Å². The number of hydrogen-bond donors (Lipinski definition) is 2. The zero-order valence-electron chi connectivity index (χ0n) is 36.2. The van der Waals surface area contributed by atoms with Crippen LogP contribution in [0.2, 0.25) is 0 Å². The lowest BCUT2D eigenvalue weighted by atomic mass is 9.59. The van der Waals surface area contributed by atoms with Gasteiger partial charge in [-0.25, -0.2) is 0 Å². The molecule has 0 aromatic heterocycles. The third-order valence-electron chi connectivity index (χ3n) is 10.8. The van der Waals surface area contributed by atoms with Crippen molar-refractivity contribution < 1.29 is 23.9 Å². The first-order valence-corrected chi connectivity index (χ1v) is 20.3. The minimum atomic E-state index is -0.326. The molecule has 0 radical (unpaired) electrons. The van der Waals surface area contributed by atoms with Crippen molar-refractivity contribution in [3.63, 3.8) is 0 Å². The molecule has 2 N–H and O–H groups in total. The second-order valence-electron chi connectivity index (χ2n) is 16.7. The van der Waals surface area contributed by atoms with E-state index in [0.29, 0.717) is 61.7 Å². The number of carbonyl (C=O) groups excluding carboxylic acids is 4. The van der Waals surface area contributed by atoms with Crippen LogP contribution in [0.1, 0.15) is 105 Å². The van der Waals surface area contributed by atoms with Gasteiger partial charge in [0.2, 0.25) is 23.6 Å². The Morgan fingerprint density at radius 2 is 1.07 bits per heavy atom. The molecule has 9 nitrogen and oxygen atoms in total. The van der Waals surface area contributed by atoms with E-state index < -0.39 is 0 Å². The number of unbranched alkanes of at least 4 members (excludes halogenated alkanes) is 2. The van der Waals surface area contributed by atoms with Crippen molar-refractivity contribution in [2.45, 2.75) is 119 Å². The van der Waals surface area contributed by atoms with E-state index in [2.05, 4.69) is 64.6 Å². The Kier molecular flexibility index (Phi) is 19.9. The maximum atomic E-state index is 12.5. The number of rotatable bonds is 20. The van der Waals surface area contributed by atoms with Crippen LogP contribution in [0.3, 0.4) is 0 Å². The highest BCUT2D eigenvalue weighted by molar-refractivity contribution is 5.93. The molecule has 0 heterocycles. The van der Waals surface area contributed by atoms with Crippen molar-refractivity contribution in [2.75, 3.05) is 26.3 Å². The average molecular weight is 783 g/mol. The zero-order chi connectivity index (χ0) is 42.8. The average Bonchev–Trinajstić information content (AvgIpc) is 3.15. The third kappa shape index (κ3) is 16.3. The van der Waals surface area contributed by atoms with E-state index in [-0.39, 0.29) is 46.5 Å². The summed E-state index contributed by atoms with van der Waals surface area (Å²) in [6.45, 7) is 34.3. The number of hydrogen-bond acceptors (Lipinski definition) is 5. The third-order valence-corrected chi connectivity index (χ3v) is 10.8. The number of amides is 4. The molecule has 57 heavy (non-hydrogen) atoms. The van der Waals surface area contributed by atoms with Crippen LogP contribution in [-0.4, -0.2) is 71.3 Å². The van der Waals surface area contributed by atoms with Crippen LogP contribution in [-0.2, 0) is 37.0 Å². The van der Waals surface area contributed by atoms with Gasteiger partial charge in [0.1, 0.15) is 0 Å². The van der Waals surface area contributed by atoms with Gasteiger partial charge in [0.15, 0.2) is 0 Å². The molecule has 312 valence electrons. The van der Waals surface area contributed by atoms with E-state index in [4.69, 9.17) is 4.74 Å². The van der Waals surface area contributed by atoms with Crippen LogP contribution in [0.4, 0.5) is 0 Å². The van der Waals surface area contributed by atoms with Gasteiger partial charge in [-0.05, 0) is 95.6 Å². The minimum Gasteiger partial charge on any atom is -0.381 e. The fraction of sp³-hybridized carbons (Fsp3) is 0.500. The summed E-state index contributed by atoms with van der Waals surface area (Å²) in [6.07, 6.45) is 5.15. The summed E-state index contributed by atoms with van der Waals surface area (Å²) < 4.78 is 5.81. The number of benzene rings is 2. The molecule has 2 aromatic rings. The summed E-state index contributed by atoms with van der Waals surface area (Å²) in [7, 11) is 0. The fourth-order valence-electron chi connectivity index (χ4n) is 6.87. The lowest BCUT2D eigenvalue weighted by molar-refractivity contribution is -0.128. The standard InChI is InChI=1S/C30H40N2O3.C18H30N2O2/c1-25(2)29(33)31(23-27-15-7-5-8-16-27)19-11-13-21-35-22-14-12-20-32(30(34)26(3)4)24-28-17-9-6-10-18-28;1-11(2)15(21)19-14-10-17(6,7)18(8,9-13(14)5)20-16(22)12(3)4/h5-10,15-18H,1,3,11-14,19-24H2,2,4H3;13-14H,1,3,9-10H2,2,4-8H3,(H,19,21)(H,20,22). The highest BCUT2D eigenvalue weighted by Crippen LogP contribution is 2.46. The topological polar surface area (TPSA) is 108 Å². The molecule has 3 rings (SSSR count). The first-order valence-electron chi connectivity index (χ1n) is 20.3. The van der Waals surface area contributed by atoms with Gasteiger partial charge < -0.3 is 25.2 Å². The Balaban J connectivity index is 0.000000438. The number of nitrogens with one attached hydrogen (secondary N) is 2. The Hall–Kier alpha value is -4.76. The Morgan fingerprint density at radius 3 is 1.46 bits per heavy atom. The van der Waals surface area contributed by atoms with E-state index in [1.807, 2.05) is 70.5 Å². The minimum absolute atomic E-state index is 0.000800. The van der Waals surface area contributed by atoms with Gasteiger partial charge in [0, 0.05) is 73.3 Å². The quantitative estimate of drug-likeness (QED) is 0.103. The predicted molar refractivity (Wildman–Crippen MR) is 233 cm³/mol. The SMILES string of the molecule is C=C(C)C(=O)N(CCCCOCCCCN(Cc1ccccc1)C(=O)C(=C)C)Cc1ccccc1.C=C(C)C(=O)NC1CC(C)(C)C(C)(NC(=O)C(=C)C)CC1C. The van der Waals surface area contributed by atoms with Crippen LogP contribution >= 0.6 is 0 Å². The van der Waals surface area contributed by atoms with Gasteiger partial charge >= 0.3 is 0 Å². The number of ether oxygens (including phenoxy) is 1. The summed E-state index contributed by atoms with van der Waals surface area (Å²) in [5, 5.41) is 6.21. The molecular weight excluding hydrogens is 713 g/mol. The lowest BCUT2D eigenvalue weighted by Crippen LogP contribution is -2.63. The van der Waals surface area contributed by atoms with Gasteiger partial charge in [-0.2, -0.15) is 0 Å². The van der Waals surface area contributed by atoms with E-state index in [1.54, 1.807) is 27.7 Å². The monoisotopic (exact) mass is 783 g/mol. The summed E-state index contributed by atoms with van der Waals surface area (Å²) in [5.74, 6) is 0.0689. The van der Waals surface area contributed by atoms with E-state index in [9.17, 15) is 19.2 Å². The molecule has 1 saturated carbocycles. The van der Waals surface area contributed by atoms with Gasteiger partial charge in [-0.1, -0.05) is 108 Å². The number of carbonyl (C=O) groups is 4. The number of nitrogens with zero attached hydrogens (tertiary/aromatic N) is 2. The smallest absolute Gasteiger partial charge is 0.249 e. The van der Waals surface area contributed by atoms with Crippen LogP contribution in [0.5, 0.6) is 0 Å². The Bertz CT molecular complexity index is 1610. The predicted octanol–water partition coefficient (Wildman–Crippen LogP) is 8.73. The molecule has 9 heteroatoms. The van der Waals surface area contributed by atoms with Gasteiger partial charge in [0.05, 0.1) is 0 Å². The van der Waals surface area contributed by atoms with Crippen LogP contribution in [0.25, 0.3) is 0 Å². The summed E-state index contributed by atoms with van der Waals surface area (Å²) in [5.41, 5.74) is 3.92. The first kappa shape index (κ1) is 48.4. The lowest BCUT2D eigenvalue weighted by Gasteiger charge is -2.53. The van der Waals surface area contributed by atoms with Crippen molar-refractivity contribution >= 4 is 23.6 Å². The molecule has 1 aliphatic rings. The van der Waals surface area contributed by atoms with E-state index in [0.717, 1.165) is 49.7 Å². The molecular formula is C48H70N4O5. The summed E-state index contributed by atoms with van der Waals surface area (Å²) >= 11 is 0. The maximum Gasteiger partial charge on any atom is 0.249 e. The zero-order valence-corrected chi connectivity index (χ0v) is 36.2. The molecule has 4 amide bonds. The van der Waals surface area contributed by atoms with Crippen molar-refractivity contribution in [3.05, 3.63) is 120 Å². The molecule has 1 fully saturated rings. The van der Waals surface area contributed by atoms with E-state index in [1.165, 1.54) is 0 Å². The normalized spacial score (nSPS) is 18.2. The van der Waals surface area contributed by atoms with Crippen LogP contribution in [0, 0.1) is 11.3 Å². The van der Waals surface area contributed by atoms with Gasteiger partial charge in [-0.3, -0.25) is 19.2 Å². The molecule has 0 aliphatic heterocycles. The molecule has 0 spiro atoms. The van der Waals surface area contributed by atoms with Gasteiger partial charge in [0.25, 0.3) is 0 Å². The summed E-state index contributed by atoms with van der Waals surface area (Å²) in [4.78, 5) is 52.7. The van der Waals surface area contributed by atoms with Crippen molar-refractivity contribution in [1.82, 2.24) is 20.4 Å². The second-order valence-corrected chi connectivity index (χ2v) is 16.7.